The van der Waals surface area contributed by atoms with Crippen LogP contribution in [0.2, 0.25) is 0 Å². The quantitative estimate of drug-likeness (QED) is 0.697. The van der Waals surface area contributed by atoms with Crippen LogP contribution in [0.25, 0.3) is 22.2 Å². The van der Waals surface area contributed by atoms with Crippen LogP contribution >= 0.6 is 12.6 Å². The summed E-state index contributed by atoms with van der Waals surface area (Å²) in [6.45, 7) is 4.06. The Hall–Kier alpha value is -1.81. The van der Waals surface area contributed by atoms with Crippen molar-refractivity contribution in [1.29, 1.82) is 0 Å². The monoisotopic (exact) mass is 269 g/mol. The average molecular weight is 269 g/mol. The lowest BCUT2D eigenvalue weighted by Crippen LogP contribution is -1.97. The predicted octanol–water partition coefficient (Wildman–Crippen LogP) is 3.67. The number of nitrogens with zero attached hydrogens (tertiary/aromatic N) is 2. The maximum Gasteiger partial charge on any atom is 0.138 e. The maximum atomic E-state index is 4.60. The van der Waals surface area contributed by atoms with E-state index in [9.17, 15) is 0 Å². The van der Waals surface area contributed by atoms with Crippen molar-refractivity contribution in [3.63, 3.8) is 0 Å². The number of aromatic nitrogens is 3. The lowest BCUT2D eigenvalue weighted by atomic mass is 10.1. The molecule has 3 aromatic rings. The lowest BCUT2D eigenvalue weighted by Gasteiger charge is -2.05. The van der Waals surface area contributed by atoms with Crippen LogP contribution in [0, 0.1) is 13.8 Å². The molecule has 0 saturated carbocycles. The molecule has 96 valence electrons. The topological polar surface area (TPSA) is 41.6 Å². The zero-order valence-electron chi connectivity index (χ0n) is 10.9. The van der Waals surface area contributed by atoms with Gasteiger partial charge in [0.2, 0.25) is 0 Å². The molecule has 0 aliphatic heterocycles. The van der Waals surface area contributed by atoms with Crippen molar-refractivity contribution in [1.82, 2.24) is 15.0 Å². The van der Waals surface area contributed by atoms with Crippen LogP contribution < -0.4 is 0 Å². The van der Waals surface area contributed by atoms with Gasteiger partial charge in [-0.2, -0.15) is 12.6 Å². The summed E-state index contributed by atoms with van der Waals surface area (Å²) in [5.41, 5.74) is 5.36. The molecule has 0 unspecified atom stereocenters. The number of hydrogen-bond donors (Lipinski definition) is 2. The molecule has 2 heterocycles. The van der Waals surface area contributed by atoms with E-state index in [0.29, 0.717) is 5.75 Å². The van der Waals surface area contributed by atoms with Crippen LogP contribution in [0.4, 0.5) is 0 Å². The van der Waals surface area contributed by atoms with Crippen LogP contribution in [0.5, 0.6) is 0 Å². The highest BCUT2D eigenvalue weighted by Gasteiger charge is 2.12. The number of aryl methyl sites for hydroxylation is 2. The highest BCUT2D eigenvalue weighted by atomic mass is 32.1. The molecule has 0 fully saturated rings. The first-order valence-corrected chi connectivity index (χ1v) is 6.85. The third-order valence-corrected chi connectivity index (χ3v) is 3.47. The Balaban J connectivity index is 2.29. The van der Waals surface area contributed by atoms with Crippen molar-refractivity contribution in [2.75, 3.05) is 0 Å². The van der Waals surface area contributed by atoms with E-state index in [1.165, 1.54) is 5.39 Å². The van der Waals surface area contributed by atoms with Crippen molar-refractivity contribution in [3.8, 4) is 11.3 Å². The Labute approximate surface area is 117 Å². The second-order valence-electron chi connectivity index (χ2n) is 4.64. The van der Waals surface area contributed by atoms with Gasteiger partial charge in [0, 0.05) is 27.9 Å². The third-order valence-electron chi connectivity index (χ3n) is 3.19. The average Bonchev–Trinajstić information content (AvgIpc) is 2.73. The van der Waals surface area contributed by atoms with Gasteiger partial charge in [-0.25, -0.2) is 9.97 Å². The number of benzene rings is 1. The molecule has 0 spiro atoms. The number of nitrogens with one attached hydrogen (secondary N) is 1. The van der Waals surface area contributed by atoms with Crippen LogP contribution in [-0.2, 0) is 5.75 Å². The number of thiol groups is 1. The molecule has 19 heavy (non-hydrogen) atoms. The molecule has 0 bridgehead atoms. The first-order chi connectivity index (χ1) is 9.19. The second-order valence-corrected chi connectivity index (χ2v) is 4.96. The first-order valence-electron chi connectivity index (χ1n) is 6.22. The van der Waals surface area contributed by atoms with Crippen LogP contribution in [0.3, 0.4) is 0 Å². The Morgan fingerprint density at radius 1 is 1.16 bits per heavy atom. The van der Waals surface area contributed by atoms with Crippen molar-refractivity contribution >= 4 is 23.5 Å². The van der Waals surface area contributed by atoms with Gasteiger partial charge >= 0.3 is 0 Å². The zero-order chi connectivity index (χ0) is 13.4. The van der Waals surface area contributed by atoms with E-state index in [0.717, 1.165) is 34.0 Å². The summed E-state index contributed by atoms with van der Waals surface area (Å²) in [6, 6.07) is 10.3. The van der Waals surface area contributed by atoms with Crippen molar-refractivity contribution in [2.45, 2.75) is 19.6 Å². The molecule has 0 amide bonds. The second kappa shape index (κ2) is 4.70. The van der Waals surface area contributed by atoms with Gasteiger partial charge in [-0.05, 0) is 26.0 Å². The summed E-state index contributed by atoms with van der Waals surface area (Å²) in [7, 11) is 0. The van der Waals surface area contributed by atoms with Crippen molar-refractivity contribution in [3.05, 3.63) is 47.5 Å². The van der Waals surface area contributed by atoms with Crippen LogP contribution in [0.15, 0.2) is 30.3 Å². The van der Waals surface area contributed by atoms with Crippen LogP contribution in [-0.4, -0.2) is 15.0 Å². The molecule has 1 aromatic carbocycles. The minimum atomic E-state index is 0.552. The molecule has 3 rings (SSSR count). The Morgan fingerprint density at radius 3 is 2.74 bits per heavy atom. The Morgan fingerprint density at radius 2 is 1.95 bits per heavy atom. The van der Waals surface area contributed by atoms with Crippen molar-refractivity contribution < 1.29 is 0 Å². The van der Waals surface area contributed by atoms with Gasteiger partial charge in [-0.1, -0.05) is 18.2 Å². The standard InChI is InChI=1S/C15H15N3S/c1-9-7-13(18-14(8-19)16-9)15-10(2)17-12-6-4-3-5-11(12)15/h3-7,17,19H,8H2,1-2H3. The number of H-pyrrole nitrogens is 1. The molecule has 0 radical (unpaired) electrons. The number of aromatic amines is 1. The summed E-state index contributed by atoms with van der Waals surface area (Å²) >= 11 is 4.27. The van der Waals surface area contributed by atoms with Crippen molar-refractivity contribution in [2.24, 2.45) is 0 Å². The molecule has 4 heteroatoms. The largest absolute Gasteiger partial charge is 0.358 e. The van der Waals surface area contributed by atoms with Gasteiger partial charge in [0.25, 0.3) is 0 Å². The lowest BCUT2D eigenvalue weighted by molar-refractivity contribution is 1.00. The highest BCUT2D eigenvalue weighted by Crippen LogP contribution is 2.31. The molecule has 3 nitrogen and oxygen atoms in total. The van der Waals surface area contributed by atoms with E-state index >= 15 is 0 Å². The maximum absolute atomic E-state index is 4.60. The summed E-state index contributed by atoms with van der Waals surface area (Å²) in [4.78, 5) is 12.4. The molecular formula is C15H15N3S. The summed E-state index contributed by atoms with van der Waals surface area (Å²) in [6.07, 6.45) is 0. The number of para-hydroxylation sites is 1. The smallest absolute Gasteiger partial charge is 0.138 e. The molecular weight excluding hydrogens is 254 g/mol. The van der Waals surface area contributed by atoms with E-state index in [2.05, 4.69) is 46.6 Å². The molecule has 1 N–H and O–H groups in total. The third kappa shape index (κ3) is 2.12. The van der Waals surface area contributed by atoms with Gasteiger partial charge in [-0.3, -0.25) is 0 Å². The van der Waals surface area contributed by atoms with Gasteiger partial charge in [0.1, 0.15) is 5.82 Å². The molecule has 0 aliphatic rings. The predicted molar refractivity (Wildman–Crippen MR) is 81.5 cm³/mol. The number of fused-ring (bicyclic) bond motifs is 1. The molecule has 0 aliphatic carbocycles. The van der Waals surface area contributed by atoms with E-state index in [4.69, 9.17) is 0 Å². The highest BCUT2D eigenvalue weighted by molar-refractivity contribution is 7.79. The van der Waals surface area contributed by atoms with Crippen LogP contribution in [0.1, 0.15) is 17.2 Å². The molecule has 2 aromatic heterocycles. The summed E-state index contributed by atoms with van der Waals surface area (Å²) < 4.78 is 0. The zero-order valence-corrected chi connectivity index (χ0v) is 11.8. The summed E-state index contributed by atoms with van der Waals surface area (Å²) in [5, 5.41) is 1.20. The molecule has 0 saturated heterocycles. The number of rotatable bonds is 2. The fourth-order valence-corrected chi connectivity index (χ4v) is 2.58. The van der Waals surface area contributed by atoms with E-state index < -0.39 is 0 Å². The minimum Gasteiger partial charge on any atom is -0.358 e. The van der Waals surface area contributed by atoms with Gasteiger partial charge in [0.05, 0.1) is 11.4 Å². The SMILES string of the molecule is Cc1cc(-c2c(C)[nH]c3ccccc23)nc(CS)n1. The minimum absolute atomic E-state index is 0.552. The Kier molecular flexibility index (Phi) is 3.03. The van der Waals surface area contributed by atoms with Gasteiger partial charge in [0.15, 0.2) is 0 Å². The van der Waals surface area contributed by atoms with E-state index in [-0.39, 0.29) is 0 Å². The van der Waals surface area contributed by atoms with E-state index in [1.54, 1.807) is 0 Å². The van der Waals surface area contributed by atoms with E-state index in [1.807, 2.05) is 25.1 Å². The fraction of sp³-hybridized carbons (Fsp3) is 0.200. The summed E-state index contributed by atoms with van der Waals surface area (Å²) in [5.74, 6) is 1.32. The fourth-order valence-electron chi connectivity index (χ4n) is 2.44. The van der Waals surface area contributed by atoms with Gasteiger partial charge < -0.3 is 4.98 Å². The number of hydrogen-bond acceptors (Lipinski definition) is 3. The molecule has 0 atom stereocenters. The first kappa shape index (κ1) is 12.2. The van der Waals surface area contributed by atoms with Gasteiger partial charge in [-0.15, -0.1) is 0 Å². The Bertz CT molecular complexity index is 746. The normalized spacial score (nSPS) is 11.1.